The molecule has 1 atom stereocenters. The molecule has 1 saturated carbocycles. The zero-order valence-corrected chi connectivity index (χ0v) is 20.2. The van der Waals surface area contributed by atoms with Gasteiger partial charge in [0.1, 0.15) is 17.3 Å². The molecule has 0 spiro atoms. The highest BCUT2D eigenvalue weighted by atomic mass is 35.5. The number of aromatic hydroxyl groups is 1. The first-order valence-corrected chi connectivity index (χ1v) is 12.2. The molecule has 0 bridgehead atoms. The Morgan fingerprint density at radius 2 is 1.76 bits per heavy atom. The molecule has 2 fully saturated rings. The summed E-state index contributed by atoms with van der Waals surface area (Å²) in [6.45, 7) is 4.68. The fourth-order valence-electron chi connectivity index (χ4n) is 4.73. The molecular formula is C27H30ClNO5. The van der Waals surface area contributed by atoms with Gasteiger partial charge in [0, 0.05) is 11.6 Å². The smallest absolute Gasteiger partial charge is 0.295 e. The number of likely N-dealkylation sites (tertiary alicyclic amines) is 1. The van der Waals surface area contributed by atoms with Crippen LogP contribution in [0.2, 0.25) is 5.02 Å². The number of hydrogen-bond donors (Lipinski definition) is 2. The van der Waals surface area contributed by atoms with E-state index >= 15 is 0 Å². The summed E-state index contributed by atoms with van der Waals surface area (Å²) in [5.74, 6) is -0.606. The molecule has 1 heterocycles. The molecule has 2 N–H and O–H groups in total. The van der Waals surface area contributed by atoms with E-state index in [0.717, 1.165) is 32.1 Å². The topological polar surface area (TPSA) is 87.1 Å². The summed E-state index contributed by atoms with van der Waals surface area (Å²) in [6.07, 6.45) is 4.67. The van der Waals surface area contributed by atoms with Gasteiger partial charge in [-0.1, -0.05) is 50.8 Å². The average Bonchev–Trinajstić information content (AvgIpc) is 3.10. The molecule has 180 valence electrons. The van der Waals surface area contributed by atoms with Crippen molar-refractivity contribution in [1.29, 1.82) is 0 Å². The van der Waals surface area contributed by atoms with Gasteiger partial charge in [-0.25, -0.2) is 0 Å². The predicted octanol–water partition coefficient (Wildman–Crippen LogP) is 5.83. The summed E-state index contributed by atoms with van der Waals surface area (Å²) in [6, 6.07) is 10.6. The first-order valence-electron chi connectivity index (χ1n) is 11.8. The maximum Gasteiger partial charge on any atom is 0.295 e. The van der Waals surface area contributed by atoms with E-state index in [1.54, 1.807) is 41.3 Å². The number of phenolic OH excluding ortho intramolecular Hbond substituents is 1. The zero-order valence-electron chi connectivity index (χ0n) is 19.5. The number of rotatable bonds is 6. The summed E-state index contributed by atoms with van der Waals surface area (Å²) < 4.78 is 5.71. The third-order valence-corrected chi connectivity index (χ3v) is 6.75. The van der Waals surface area contributed by atoms with Crippen LogP contribution in [0.25, 0.3) is 5.76 Å². The number of aliphatic hydroxyl groups is 1. The molecule has 1 unspecified atom stereocenters. The lowest BCUT2D eigenvalue weighted by Crippen LogP contribution is -2.40. The lowest BCUT2D eigenvalue weighted by atomic mass is 9.91. The number of benzene rings is 2. The predicted molar refractivity (Wildman–Crippen MR) is 131 cm³/mol. The van der Waals surface area contributed by atoms with Crippen LogP contribution in [0, 0.1) is 5.92 Å². The van der Waals surface area contributed by atoms with E-state index in [1.807, 2.05) is 0 Å². The number of hydrogen-bond acceptors (Lipinski definition) is 5. The van der Waals surface area contributed by atoms with Gasteiger partial charge in [0.05, 0.1) is 23.2 Å². The molecule has 1 amide bonds. The molecular weight excluding hydrogens is 454 g/mol. The second kappa shape index (κ2) is 10.1. The molecule has 6 nitrogen and oxygen atoms in total. The third kappa shape index (κ3) is 4.78. The van der Waals surface area contributed by atoms with Crippen LogP contribution in [-0.4, -0.2) is 39.5 Å². The lowest BCUT2D eigenvalue weighted by molar-refractivity contribution is -0.141. The Morgan fingerprint density at radius 3 is 2.38 bits per heavy atom. The standard InChI is InChI=1S/C27H30ClNO5/c1-16(2)15-34-20-11-8-17(9-12-20)25(31)23-24(18-10-13-22(30)21(28)14-18)29(27(33)26(23)32)19-6-4-3-5-7-19/h8-14,16,19,24,30-31H,3-7,15H2,1-2H3/b25-23-. The summed E-state index contributed by atoms with van der Waals surface area (Å²) in [4.78, 5) is 28.1. The highest BCUT2D eigenvalue weighted by Gasteiger charge is 2.49. The van der Waals surface area contributed by atoms with Crippen molar-refractivity contribution in [3.63, 3.8) is 0 Å². The van der Waals surface area contributed by atoms with Crippen LogP contribution in [-0.2, 0) is 9.59 Å². The molecule has 2 aromatic carbocycles. The van der Waals surface area contributed by atoms with Crippen molar-refractivity contribution < 1.29 is 24.5 Å². The molecule has 1 saturated heterocycles. The summed E-state index contributed by atoms with van der Waals surface area (Å²) in [5, 5.41) is 21.3. The molecule has 4 rings (SSSR count). The van der Waals surface area contributed by atoms with E-state index in [1.165, 1.54) is 6.07 Å². The number of aliphatic hydroxyl groups excluding tert-OH is 1. The van der Waals surface area contributed by atoms with Gasteiger partial charge < -0.3 is 19.8 Å². The molecule has 7 heteroatoms. The van der Waals surface area contributed by atoms with Crippen LogP contribution in [0.4, 0.5) is 0 Å². The fraction of sp³-hybridized carbons (Fsp3) is 0.407. The second-order valence-electron chi connectivity index (χ2n) is 9.44. The maximum absolute atomic E-state index is 13.2. The highest BCUT2D eigenvalue weighted by molar-refractivity contribution is 6.46. The van der Waals surface area contributed by atoms with Crippen molar-refractivity contribution in [3.05, 3.63) is 64.2 Å². The van der Waals surface area contributed by atoms with Gasteiger partial charge in [-0.3, -0.25) is 9.59 Å². The minimum Gasteiger partial charge on any atom is -0.507 e. The number of phenols is 1. The van der Waals surface area contributed by atoms with Crippen LogP contribution in [0.1, 0.15) is 63.1 Å². The Balaban J connectivity index is 1.77. The Kier molecular flexibility index (Phi) is 7.17. The maximum atomic E-state index is 13.2. The van der Waals surface area contributed by atoms with Crippen LogP contribution in [0.3, 0.4) is 0 Å². The Morgan fingerprint density at radius 1 is 1.09 bits per heavy atom. The largest absolute Gasteiger partial charge is 0.507 e. The van der Waals surface area contributed by atoms with E-state index < -0.39 is 17.7 Å². The number of nitrogens with zero attached hydrogens (tertiary/aromatic N) is 1. The number of carbonyl (C=O) groups excluding carboxylic acids is 2. The number of amides is 1. The minimum atomic E-state index is -0.780. The monoisotopic (exact) mass is 483 g/mol. The molecule has 1 aliphatic heterocycles. The van der Waals surface area contributed by atoms with Crippen molar-refractivity contribution >= 4 is 29.1 Å². The lowest BCUT2D eigenvalue weighted by Gasteiger charge is -2.35. The van der Waals surface area contributed by atoms with E-state index in [-0.39, 0.29) is 28.1 Å². The molecule has 0 radical (unpaired) electrons. The quantitative estimate of drug-likeness (QED) is 0.306. The second-order valence-corrected chi connectivity index (χ2v) is 9.85. The summed E-state index contributed by atoms with van der Waals surface area (Å²) in [5.41, 5.74) is 1.03. The molecule has 2 aliphatic rings. The fourth-order valence-corrected chi connectivity index (χ4v) is 4.92. The third-order valence-electron chi connectivity index (χ3n) is 6.45. The van der Waals surface area contributed by atoms with Gasteiger partial charge >= 0.3 is 0 Å². The molecule has 34 heavy (non-hydrogen) atoms. The first-order chi connectivity index (χ1) is 16.3. The zero-order chi connectivity index (χ0) is 24.4. The van der Waals surface area contributed by atoms with E-state index in [4.69, 9.17) is 16.3 Å². The number of carbonyl (C=O) groups is 2. The van der Waals surface area contributed by atoms with E-state index in [0.29, 0.717) is 29.4 Å². The normalized spacial score (nSPS) is 20.8. The van der Waals surface area contributed by atoms with Crippen molar-refractivity contribution in [1.82, 2.24) is 4.90 Å². The Labute approximate surface area is 204 Å². The highest BCUT2D eigenvalue weighted by Crippen LogP contribution is 2.44. The van der Waals surface area contributed by atoms with Gasteiger partial charge in [-0.15, -0.1) is 0 Å². The van der Waals surface area contributed by atoms with Crippen LogP contribution in [0.15, 0.2) is 48.0 Å². The molecule has 1 aliphatic carbocycles. The van der Waals surface area contributed by atoms with Gasteiger partial charge in [0.2, 0.25) is 0 Å². The Bertz CT molecular complexity index is 1100. The van der Waals surface area contributed by atoms with Crippen LogP contribution in [0.5, 0.6) is 11.5 Å². The minimum absolute atomic E-state index is 0.0354. The summed E-state index contributed by atoms with van der Waals surface area (Å²) in [7, 11) is 0. The number of ether oxygens (including phenoxy) is 1. The van der Waals surface area contributed by atoms with Crippen LogP contribution >= 0.6 is 11.6 Å². The SMILES string of the molecule is CC(C)COc1ccc(/C(O)=C2/C(=O)C(=O)N(C3CCCCC3)C2c2ccc(O)c(Cl)c2)cc1. The van der Waals surface area contributed by atoms with Crippen molar-refractivity contribution in [3.8, 4) is 11.5 Å². The van der Waals surface area contributed by atoms with Crippen LogP contribution < -0.4 is 4.74 Å². The van der Waals surface area contributed by atoms with Crippen molar-refractivity contribution in [2.75, 3.05) is 6.61 Å². The van der Waals surface area contributed by atoms with E-state index in [9.17, 15) is 19.8 Å². The molecule has 0 aromatic heterocycles. The average molecular weight is 484 g/mol. The molecule has 2 aromatic rings. The van der Waals surface area contributed by atoms with Gasteiger partial charge in [0.15, 0.2) is 0 Å². The van der Waals surface area contributed by atoms with Gasteiger partial charge in [0.25, 0.3) is 11.7 Å². The number of halogens is 1. The number of ketones is 1. The number of Topliss-reactive ketones (excluding diaryl/α,β-unsaturated/α-hetero) is 1. The van der Waals surface area contributed by atoms with Crippen molar-refractivity contribution in [2.24, 2.45) is 5.92 Å². The van der Waals surface area contributed by atoms with Crippen molar-refractivity contribution in [2.45, 2.75) is 58.0 Å². The summed E-state index contributed by atoms with van der Waals surface area (Å²) >= 11 is 6.18. The van der Waals surface area contributed by atoms with E-state index in [2.05, 4.69) is 13.8 Å². The Hall–Kier alpha value is -2.99. The van der Waals surface area contributed by atoms with Gasteiger partial charge in [-0.2, -0.15) is 0 Å². The first kappa shape index (κ1) is 24.1. The van der Waals surface area contributed by atoms with Gasteiger partial charge in [-0.05, 0) is 60.7 Å².